The Hall–Kier alpha value is -0.560. The molecule has 0 aliphatic carbocycles. The zero-order valence-electron chi connectivity index (χ0n) is 11.6. The summed E-state index contributed by atoms with van der Waals surface area (Å²) in [5.74, 6) is -0.833. The van der Waals surface area contributed by atoms with E-state index in [0.29, 0.717) is 19.7 Å². The number of anilines is 2. The molecule has 2 nitrogen and oxygen atoms in total. The molecule has 0 heterocycles. The minimum atomic E-state index is -0.507. The van der Waals surface area contributed by atoms with Crippen molar-refractivity contribution < 1.29 is 8.78 Å². The quantitative estimate of drug-likeness (QED) is 0.396. The van der Waals surface area contributed by atoms with Crippen LogP contribution >= 0.6 is 55.1 Å². The average Bonchev–Trinajstić information content (AvgIpc) is 2.46. The number of hydrogen-bond donors (Lipinski definition) is 1. The van der Waals surface area contributed by atoms with E-state index < -0.39 is 5.82 Å². The molecule has 120 valence electrons. The maximum absolute atomic E-state index is 13.3. The number of halogens is 6. The highest BCUT2D eigenvalue weighted by atomic mass is 79.9. The van der Waals surface area contributed by atoms with Gasteiger partial charge in [0.1, 0.15) is 0 Å². The molecule has 0 radical (unpaired) electrons. The van der Waals surface area contributed by atoms with Gasteiger partial charge in [-0.05, 0) is 56.1 Å². The number of benzene rings is 2. The SMILES string of the molecule is CN(C)c1c(Cl)ccc(Br)c1F.Nc1c(Cl)ccc(Br)c1F. The monoisotopic (exact) mass is 474 g/mol. The second-order valence-electron chi connectivity index (χ2n) is 4.34. The van der Waals surface area contributed by atoms with Crippen LogP contribution in [0.1, 0.15) is 0 Å². The topological polar surface area (TPSA) is 29.3 Å². The van der Waals surface area contributed by atoms with Crippen molar-refractivity contribution >= 4 is 66.4 Å². The molecule has 8 heteroatoms. The number of hydrogen-bond acceptors (Lipinski definition) is 2. The Morgan fingerprint density at radius 1 is 0.909 bits per heavy atom. The Morgan fingerprint density at radius 2 is 1.36 bits per heavy atom. The molecular weight excluding hydrogens is 465 g/mol. The van der Waals surface area contributed by atoms with E-state index in [1.54, 1.807) is 31.1 Å². The van der Waals surface area contributed by atoms with Gasteiger partial charge in [-0.1, -0.05) is 23.2 Å². The van der Waals surface area contributed by atoms with Crippen molar-refractivity contribution in [3.05, 3.63) is 54.9 Å². The summed E-state index contributed by atoms with van der Waals surface area (Å²) < 4.78 is 26.8. The summed E-state index contributed by atoms with van der Waals surface area (Å²) in [5.41, 5.74) is 5.64. The van der Waals surface area contributed by atoms with Gasteiger partial charge in [-0.25, -0.2) is 8.78 Å². The molecule has 22 heavy (non-hydrogen) atoms. The smallest absolute Gasteiger partial charge is 0.162 e. The third-order valence-corrected chi connectivity index (χ3v) is 4.41. The molecular formula is C14H12Br2Cl2F2N2. The number of rotatable bonds is 1. The van der Waals surface area contributed by atoms with Crippen LogP contribution in [0.25, 0.3) is 0 Å². The van der Waals surface area contributed by atoms with Crippen LogP contribution in [-0.2, 0) is 0 Å². The van der Waals surface area contributed by atoms with E-state index in [2.05, 4.69) is 31.9 Å². The fourth-order valence-corrected chi connectivity index (χ4v) is 2.60. The van der Waals surface area contributed by atoms with Crippen molar-refractivity contribution in [2.24, 2.45) is 0 Å². The molecule has 0 fully saturated rings. The molecule has 0 spiro atoms. The molecule has 0 unspecified atom stereocenters. The summed E-state index contributed by atoms with van der Waals surface area (Å²) >= 11 is 17.3. The zero-order chi connectivity index (χ0) is 17.0. The van der Waals surface area contributed by atoms with Gasteiger partial charge in [0.05, 0.1) is 30.4 Å². The first kappa shape index (κ1) is 19.5. The van der Waals surface area contributed by atoms with Crippen LogP contribution in [0.15, 0.2) is 33.2 Å². The molecule has 0 amide bonds. The average molecular weight is 477 g/mol. The predicted molar refractivity (Wildman–Crippen MR) is 97.0 cm³/mol. The summed E-state index contributed by atoms with van der Waals surface area (Å²) in [6, 6.07) is 6.28. The first-order valence-electron chi connectivity index (χ1n) is 5.86. The number of nitrogen functional groups attached to an aromatic ring is 1. The summed E-state index contributed by atoms with van der Waals surface area (Å²) in [4.78, 5) is 1.64. The highest BCUT2D eigenvalue weighted by molar-refractivity contribution is 9.10. The molecule has 2 N–H and O–H groups in total. The molecule has 2 rings (SSSR count). The lowest BCUT2D eigenvalue weighted by Gasteiger charge is -2.15. The second kappa shape index (κ2) is 8.34. The van der Waals surface area contributed by atoms with E-state index in [1.165, 1.54) is 12.1 Å². The first-order chi connectivity index (χ1) is 10.2. The van der Waals surface area contributed by atoms with Crippen LogP contribution < -0.4 is 10.6 Å². The molecule has 2 aromatic rings. The third kappa shape index (κ3) is 4.72. The van der Waals surface area contributed by atoms with Crippen LogP contribution in [-0.4, -0.2) is 14.1 Å². The van der Waals surface area contributed by atoms with Crippen LogP contribution in [0.3, 0.4) is 0 Å². The van der Waals surface area contributed by atoms with Crippen molar-refractivity contribution in [3.8, 4) is 0 Å². The molecule has 0 aromatic heterocycles. The van der Waals surface area contributed by atoms with Gasteiger partial charge < -0.3 is 10.6 Å². The Balaban J connectivity index is 0.000000224. The van der Waals surface area contributed by atoms with E-state index >= 15 is 0 Å². The molecule has 2 aromatic carbocycles. The lowest BCUT2D eigenvalue weighted by Crippen LogP contribution is -2.11. The number of nitrogens with two attached hydrogens (primary N) is 1. The largest absolute Gasteiger partial charge is 0.395 e. The third-order valence-electron chi connectivity index (χ3n) is 2.55. The highest BCUT2D eigenvalue weighted by Crippen LogP contribution is 2.32. The Kier molecular flexibility index (Phi) is 7.38. The molecule has 0 saturated carbocycles. The van der Waals surface area contributed by atoms with Crippen molar-refractivity contribution in [1.82, 2.24) is 0 Å². The summed E-state index contributed by atoms with van der Waals surface area (Å²) in [5, 5.41) is 0.654. The normalized spacial score (nSPS) is 10.0. The van der Waals surface area contributed by atoms with Gasteiger partial charge in [-0.2, -0.15) is 0 Å². The summed E-state index contributed by atoms with van der Waals surface area (Å²) in [7, 11) is 3.49. The van der Waals surface area contributed by atoms with Crippen LogP contribution in [0.5, 0.6) is 0 Å². The Labute approximate surface area is 154 Å². The van der Waals surface area contributed by atoms with Gasteiger partial charge in [0.25, 0.3) is 0 Å². The molecule has 0 atom stereocenters. The van der Waals surface area contributed by atoms with Gasteiger partial charge >= 0.3 is 0 Å². The van der Waals surface area contributed by atoms with Crippen LogP contribution in [0, 0.1) is 11.6 Å². The van der Waals surface area contributed by atoms with Crippen molar-refractivity contribution in [2.75, 3.05) is 24.7 Å². The van der Waals surface area contributed by atoms with Gasteiger partial charge in [0.2, 0.25) is 0 Å². The van der Waals surface area contributed by atoms with Crippen LogP contribution in [0.4, 0.5) is 20.2 Å². The van der Waals surface area contributed by atoms with Gasteiger partial charge in [0.15, 0.2) is 11.6 Å². The van der Waals surface area contributed by atoms with Gasteiger partial charge in [-0.3, -0.25) is 0 Å². The van der Waals surface area contributed by atoms with E-state index in [4.69, 9.17) is 28.9 Å². The Bertz CT molecular complexity index is 655. The maximum Gasteiger partial charge on any atom is 0.162 e. The summed E-state index contributed by atoms with van der Waals surface area (Å²) in [6.07, 6.45) is 0. The zero-order valence-corrected chi connectivity index (χ0v) is 16.3. The van der Waals surface area contributed by atoms with Gasteiger partial charge in [0, 0.05) is 14.1 Å². The standard InChI is InChI=1S/C8H8BrClFN.C6H4BrClFN/c1-12(2)8-6(10)4-3-5(9)7(8)11;7-3-1-2-4(8)6(10)5(3)9/h3-4H,1-2H3;1-2H,10H2. The first-order valence-corrected chi connectivity index (χ1v) is 8.20. The van der Waals surface area contributed by atoms with E-state index in [1.807, 2.05) is 0 Å². The lowest BCUT2D eigenvalue weighted by molar-refractivity contribution is 0.619. The summed E-state index contributed by atoms with van der Waals surface area (Å²) in [6.45, 7) is 0. The van der Waals surface area contributed by atoms with Crippen LogP contribution in [0.2, 0.25) is 10.0 Å². The minimum Gasteiger partial charge on any atom is -0.395 e. The minimum absolute atomic E-state index is 0.0176. The molecule has 0 aliphatic rings. The van der Waals surface area contributed by atoms with E-state index in [9.17, 15) is 8.78 Å². The molecule has 0 saturated heterocycles. The predicted octanol–water partition coefficient (Wildman–Crippen LogP) is 6.13. The number of nitrogens with zero attached hydrogens (tertiary/aromatic N) is 1. The van der Waals surface area contributed by atoms with E-state index in [-0.39, 0.29) is 16.5 Å². The fraction of sp³-hybridized carbons (Fsp3) is 0.143. The highest BCUT2D eigenvalue weighted by Gasteiger charge is 2.11. The maximum atomic E-state index is 13.3. The van der Waals surface area contributed by atoms with Crippen molar-refractivity contribution in [1.29, 1.82) is 0 Å². The Morgan fingerprint density at radius 3 is 1.77 bits per heavy atom. The van der Waals surface area contributed by atoms with Crippen molar-refractivity contribution in [3.63, 3.8) is 0 Å². The molecule has 0 aliphatic heterocycles. The molecule has 0 bridgehead atoms. The van der Waals surface area contributed by atoms with Crippen molar-refractivity contribution in [2.45, 2.75) is 0 Å². The fourth-order valence-electron chi connectivity index (χ4n) is 1.47. The second-order valence-corrected chi connectivity index (χ2v) is 6.87. The lowest BCUT2D eigenvalue weighted by atomic mass is 10.3. The van der Waals surface area contributed by atoms with E-state index in [0.717, 1.165) is 0 Å². The van der Waals surface area contributed by atoms with Gasteiger partial charge in [-0.15, -0.1) is 0 Å².